The summed E-state index contributed by atoms with van der Waals surface area (Å²) < 4.78 is 2.21. The average Bonchev–Trinajstić information content (AvgIpc) is 3.02. The average molecular weight is 296 g/mol. The van der Waals surface area contributed by atoms with Crippen LogP contribution in [0, 0.1) is 0 Å². The van der Waals surface area contributed by atoms with Crippen molar-refractivity contribution in [2.24, 2.45) is 0 Å². The number of para-hydroxylation sites is 3. The van der Waals surface area contributed by atoms with E-state index in [-0.39, 0.29) is 0 Å². The normalized spacial score (nSPS) is 10.8. The van der Waals surface area contributed by atoms with Gasteiger partial charge >= 0.3 is 0 Å². The topological polar surface area (TPSA) is 17.8 Å². The fourth-order valence-corrected chi connectivity index (χ4v) is 2.86. The van der Waals surface area contributed by atoms with Gasteiger partial charge in [0, 0.05) is 11.3 Å². The molecule has 0 amide bonds. The van der Waals surface area contributed by atoms with Crippen LogP contribution < -0.4 is 0 Å². The molecule has 4 rings (SSSR count). The Kier molecular flexibility index (Phi) is 3.28. The number of aromatic nitrogens is 2. The molecule has 23 heavy (non-hydrogen) atoms. The van der Waals surface area contributed by atoms with Crippen LogP contribution in [0.1, 0.15) is 5.56 Å². The second kappa shape index (κ2) is 5.58. The Labute approximate surface area is 135 Å². The van der Waals surface area contributed by atoms with Gasteiger partial charge in [0.15, 0.2) is 0 Å². The summed E-state index contributed by atoms with van der Waals surface area (Å²) in [6.45, 7) is 3.86. The van der Waals surface area contributed by atoms with E-state index in [9.17, 15) is 0 Å². The number of nitrogens with zero attached hydrogens (tertiary/aromatic N) is 2. The number of hydrogen-bond acceptors (Lipinski definition) is 1. The van der Waals surface area contributed by atoms with Crippen LogP contribution in [0.2, 0.25) is 0 Å². The molecule has 0 aliphatic rings. The SMILES string of the molecule is C=Cc1cccc(-c2nc3ccccc3n2-c2ccccc2)c1. The third-order valence-electron chi connectivity index (χ3n) is 3.96. The van der Waals surface area contributed by atoms with Crippen molar-refractivity contribution in [3.63, 3.8) is 0 Å². The Balaban J connectivity index is 2.04. The van der Waals surface area contributed by atoms with Gasteiger partial charge in [-0.15, -0.1) is 0 Å². The van der Waals surface area contributed by atoms with E-state index in [4.69, 9.17) is 4.98 Å². The Morgan fingerprint density at radius 2 is 1.61 bits per heavy atom. The van der Waals surface area contributed by atoms with E-state index in [1.54, 1.807) is 0 Å². The van der Waals surface area contributed by atoms with Crippen molar-refractivity contribution in [2.45, 2.75) is 0 Å². The lowest BCUT2D eigenvalue weighted by atomic mass is 10.1. The fourth-order valence-electron chi connectivity index (χ4n) is 2.86. The third-order valence-corrected chi connectivity index (χ3v) is 3.96. The second-order valence-corrected chi connectivity index (χ2v) is 5.42. The van der Waals surface area contributed by atoms with Crippen molar-refractivity contribution < 1.29 is 0 Å². The molecule has 0 saturated heterocycles. The number of fused-ring (bicyclic) bond motifs is 1. The summed E-state index contributed by atoms with van der Waals surface area (Å²) in [5, 5.41) is 0. The van der Waals surface area contributed by atoms with Gasteiger partial charge in [0.25, 0.3) is 0 Å². The lowest BCUT2D eigenvalue weighted by Crippen LogP contribution is -1.97. The van der Waals surface area contributed by atoms with E-state index >= 15 is 0 Å². The van der Waals surface area contributed by atoms with Crippen LogP contribution in [0.3, 0.4) is 0 Å². The Hall–Kier alpha value is -3.13. The summed E-state index contributed by atoms with van der Waals surface area (Å²) in [5.74, 6) is 0.945. The molecule has 0 atom stereocenters. The second-order valence-electron chi connectivity index (χ2n) is 5.42. The minimum atomic E-state index is 0.945. The van der Waals surface area contributed by atoms with Gasteiger partial charge in [-0.1, -0.05) is 61.2 Å². The molecule has 0 saturated carbocycles. The molecule has 0 aliphatic carbocycles. The molecule has 1 aromatic heterocycles. The van der Waals surface area contributed by atoms with E-state index in [2.05, 4.69) is 47.5 Å². The van der Waals surface area contributed by atoms with Crippen molar-refractivity contribution in [1.29, 1.82) is 0 Å². The van der Waals surface area contributed by atoms with Crippen LogP contribution in [-0.4, -0.2) is 9.55 Å². The standard InChI is InChI=1S/C21H16N2/c1-2-16-9-8-10-17(15-16)21-22-19-13-6-7-14-20(19)23(21)18-11-4-3-5-12-18/h2-15H,1H2. The van der Waals surface area contributed by atoms with Gasteiger partial charge in [0.05, 0.1) is 11.0 Å². The van der Waals surface area contributed by atoms with Crippen LogP contribution in [0.5, 0.6) is 0 Å². The summed E-state index contributed by atoms with van der Waals surface area (Å²) in [4.78, 5) is 4.86. The van der Waals surface area contributed by atoms with Crippen LogP contribution in [-0.2, 0) is 0 Å². The summed E-state index contributed by atoms with van der Waals surface area (Å²) in [7, 11) is 0. The summed E-state index contributed by atoms with van der Waals surface area (Å²) in [6, 6.07) is 26.9. The lowest BCUT2D eigenvalue weighted by Gasteiger charge is -2.10. The molecule has 4 aromatic rings. The molecule has 0 spiro atoms. The number of imidazole rings is 1. The van der Waals surface area contributed by atoms with Crippen molar-refractivity contribution in [1.82, 2.24) is 9.55 Å². The Morgan fingerprint density at radius 3 is 2.43 bits per heavy atom. The largest absolute Gasteiger partial charge is 0.292 e. The summed E-state index contributed by atoms with van der Waals surface area (Å²) in [6.07, 6.45) is 1.86. The molecule has 0 radical (unpaired) electrons. The summed E-state index contributed by atoms with van der Waals surface area (Å²) in [5.41, 5.74) is 5.39. The van der Waals surface area contributed by atoms with Gasteiger partial charge in [-0.3, -0.25) is 4.57 Å². The zero-order chi connectivity index (χ0) is 15.6. The van der Waals surface area contributed by atoms with Gasteiger partial charge in [0.2, 0.25) is 0 Å². The predicted molar refractivity (Wildman–Crippen MR) is 96.6 cm³/mol. The number of hydrogen-bond donors (Lipinski definition) is 0. The Morgan fingerprint density at radius 1 is 0.826 bits per heavy atom. The first-order chi connectivity index (χ1) is 11.4. The minimum Gasteiger partial charge on any atom is -0.292 e. The highest BCUT2D eigenvalue weighted by Gasteiger charge is 2.13. The van der Waals surface area contributed by atoms with Gasteiger partial charge in [0.1, 0.15) is 5.82 Å². The zero-order valence-corrected chi connectivity index (χ0v) is 12.7. The quantitative estimate of drug-likeness (QED) is 0.499. The van der Waals surface area contributed by atoms with Gasteiger partial charge < -0.3 is 0 Å². The van der Waals surface area contributed by atoms with Crippen molar-refractivity contribution in [3.8, 4) is 17.1 Å². The molecular formula is C21H16N2. The highest BCUT2D eigenvalue weighted by molar-refractivity contribution is 5.83. The van der Waals surface area contributed by atoms with Gasteiger partial charge in [-0.05, 0) is 35.9 Å². The monoisotopic (exact) mass is 296 g/mol. The predicted octanol–water partition coefficient (Wildman–Crippen LogP) is 5.34. The number of benzene rings is 3. The Bertz CT molecular complexity index is 981. The fraction of sp³-hybridized carbons (Fsp3) is 0. The first-order valence-electron chi connectivity index (χ1n) is 7.62. The molecule has 0 bridgehead atoms. The summed E-state index contributed by atoms with van der Waals surface area (Å²) >= 11 is 0. The van der Waals surface area contributed by atoms with Gasteiger partial charge in [-0.2, -0.15) is 0 Å². The highest BCUT2D eigenvalue weighted by Crippen LogP contribution is 2.29. The minimum absolute atomic E-state index is 0.945. The van der Waals surface area contributed by atoms with Crippen LogP contribution in [0.25, 0.3) is 34.2 Å². The van der Waals surface area contributed by atoms with Crippen LogP contribution in [0.15, 0.2) is 85.4 Å². The molecule has 0 unspecified atom stereocenters. The molecule has 0 aliphatic heterocycles. The number of rotatable bonds is 3. The van der Waals surface area contributed by atoms with E-state index in [0.29, 0.717) is 0 Å². The zero-order valence-electron chi connectivity index (χ0n) is 12.7. The lowest BCUT2D eigenvalue weighted by molar-refractivity contribution is 1.10. The third kappa shape index (κ3) is 2.34. The van der Waals surface area contributed by atoms with E-state index in [1.165, 1.54) is 0 Å². The van der Waals surface area contributed by atoms with Crippen molar-refractivity contribution in [2.75, 3.05) is 0 Å². The maximum atomic E-state index is 4.86. The first-order valence-corrected chi connectivity index (χ1v) is 7.62. The molecule has 2 heteroatoms. The van der Waals surface area contributed by atoms with Crippen molar-refractivity contribution in [3.05, 3.63) is 91.0 Å². The first kappa shape index (κ1) is 13.5. The smallest absolute Gasteiger partial charge is 0.145 e. The maximum absolute atomic E-state index is 4.86. The van der Waals surface area contributed by atoms with E-state index in [0.717, 1.165) is 33.7 Å². The molecular weight excluding hydrogens is 280 g/mol. The van der Waals surface area contributed by atoms with Crippen LogP contribution >= 0.6 is 0 Å². The van der Waals surface area contributed by atoms with E-state index in [1.807, 2.05) is 48.5 Å². The van der Waals surface area contributed by atoms with Gasteiger partial charge in [-0.25, -0.2) is 4.98 Å². The molecule has 2 nitrogen and oxygen atoms in total. The molecule has 0 fully saturated rings. The molecule has 1 heterocycles. The molecule has 0 N–H and O–H groups in total. The maximum Gasteiger partial charge on any atom is 0.145 e. The molecule has 110 valence electrons. The van der Waals surface area contributed by atoms with Crippen molar-refractivity contribution >= 4 is 17.1 Å². The highest BCUT2D eigenvalue weighted by atomic mass is 15.1. The van der Waals surface area contributed by atoms with Crippen LogP contribution in [0.4, 0.5) is 0 Å². The molecule has 3 aromatic carbocycles. The van der Waals surface area contributed by atoms with E-state index < -0.39 is 0 Å².